The highest BCUT2D eigenvalue weighted by atomic mass is 32.2. The first kappa shape index (κ1) is 21.0. The number of aromatic nitrogens is 1. The molecule has 1 aromatic rings. The van der Waals surface area contributed by atoms with E-state index in [4.69, 9.17) is 0 Å². The standard InChI is InChI=1S/C26H35N3O2S/c1-32-22-21(3-2-7-27-22)23(30)28-8-4-25(5-9-28)6-10-29(17-25)24(31)26-14-18-11-19(15-26)13-20(12-18)16-26/h2-3,7,18-20H,4-6,8-17H2,1H3. The number of rotatable bonds is 3. The monoisotopic (exact) mass is 453 g/mol. The van der Waals surface area contributed by atoms with Crippen LogP contribution in [0.15, 0.2) is 23.4 Å². The molecular weight excluding hydrogens is 418 g/mol. The second-order valence-electron chi connectivity index (χ2n) is 11.5. The van der Waals surface area contributed by atoms with Gasteiger partial charge in [0.25, 0.3) is 5.91 Å². The number of hydrogen-bond donors (Lipinski definition) is 0. The fourth-order valence-electron chi connectivity index (χ4n) is 8.30. The van der Waals surface area contributed by atoms with Crippen LogP contribution in [0.25, 0.3) is 0 Å². The molecule has 2 amide bonds. The summed E-state index contributed by atoms with van der Waals surface area (Å²) in [7, 11) is 0. The molecule has 6 aliphatic rings. The molecule has 172 valence electrons. The SMILES string of the molecule is CSc1ncccc1C(=O)N1CCC2(CC1)CCN(C(=O)C13CC4CC(CC(C4)C1)C3)C2. The third kappa shape index (κ3) is 3.39. The Morgan fingerprint density at radius 2 is 1.56 bits per heavy atom. The summed E-state index contributed by atoms with van der Waals surface area (Å²) in [6.07, 6.45) is 14.5. The predicted molar refractivity (Wildman–Crippen MR) is 125 cm³/mol. The molecule has 1 aromatic heterocycles. The molecule has 4 bridgehead atoms. The third-order valence-corrected chi connectivity index (χ3v) is 10.2. The van der Waals surface area contributed by atoms with Crippen molar-refractivity contribution in [2.45, 2.75) is 62.8 Å². The topological polar surface area (TPSA) is 53.5 Å². The van der Waals surface area contributed by atoms with Crippen LogP contribution in [0.2, 0.25) is 0 Å². The summed E-state index contributed by atoms with van der Waals surface area (Å²) < 4.78 is 0. The average Bonchev–Trinajstić information content (AvgIpc) is 3.21. The molecule has 6 heteroatoms. The van der Waals surface area contributed by atoms with Crippen molar-refractivity contribution < 1.29 is 9.59 Å². The van der Waals surface area contributed by atoms with Gasteiger partial charge in [-0.05, 0) is 99.3 Å². The molecule has 32 heavy (non-hydrogen) atoms. The summed E-state index contributed by atoms with van der Waals surface area (Å²) in [6, 6.07) is 3.75. The minimum atomic E-state index is -0.0223. The van der Waals surface area contributed by atoms with Crippen LogP contribution in [0.3, 0.4) is 0 Å². The van der Waals surface area contributed by atoms with Gasteiger partial charge < -0.3 is 9.80 Å². The molecule has 2 saturated heterocycles. The summed E-state index contributed by atoms with van der Waals surface area (Å²) in [5, 5.41) is 0.811. The summed E-state index contributed by atoms with van der Waals surface area (Å²) >= 11 is 1.53. The van der Waals surface area contributed by atoms with Crippen molar-refractivity contribution >= 4 is 23.6 Å². The van der Waals surface area contributed by atoms with E-state index >= 15 is 0 Å². The van der Waals surface area contributed by atoms with Gasteiger partial charge in [-0.25, -0.2) is 4.98 Å². The van der Waals surface area contributed by atoms with Gasteiger partial charge in [0.05, 0.1) is 11.0 Å². The first-order valence-electron chi connectivity index (χ1n) is 12.6. The van der Waals surface area contributed by atoms with Crippen molar-refractivity contribution in [3.05, 3.63) is 23.9 Å². The lowest BCUT2D eigenvalue weighted by atomic mass is 9.49. The van der Waals surface area contributed by atoms with Crippen molar-refractivity contribution in [1.29, 1.82) is 0 Å². The molecule has 3 heterocycles. The van der Waals surface area contributed by atoms with Crippen molar-refractivity contribution in [3.8, 4) is 0 Å². The fraction of sp³-hybridized carbons (Fsp3) is 0.731. The maximum absolute atomic E-state index is 13.8. The maximum atomic E-state index is 13.8. The zero-order valence-electron chi connectivity index (χ0n) is 19.2. The Kier molecular flexibility index (Phi) is 5.09. The van der Waals surface area contributed by atoms with E-state index in [-0.39, 0.29) is 16.7 Å². The van der Waals surface area contributed by atoms with E-state index in [0.29, 0.717) is 5.91 Å². The van der Waals surface area contributed by atoms with Gasteiger partial charge >= 0.3 is 0 Å². The smallest absolute Gasteiger partial charge is 0.256 e. The van der Waals surface area contributed by atoms with Crippen LogP contribution >= 0.6 is 11.8 Å². The summed E-state index contributed by atoms with van der Waals surface area (Å²) in [6.45, 7) is 3.42. The molecule has 4 saturated carbocycles. The maximum Gasteiger partial charge on any atom is 0.256 e. The van der Waals surface area contributed by atoms with Gasteiger partial charge in [-0.3, -0.25) is 9.59 Å². The van der Waals surface area contributed by atoms with Crippen LogP contribution in [-0.2, 0) is 4.79 Å². The fourth-order valence-corrected chi connectivity index (χ4v) is 8.84. The number of nitrogens with zero attached hydrogens (tertiary/aromatic N) is 3. The number of carbonyl (C=O) groups excluding carboxylic acids is 2. The molecule has 1 spiro atoms. The van der Waals surface area contributed by atoms with Crippen molar-refractivity contribution in [1.82, 2.24) is 14.8 Å². The van der Waals surface area contributed by atoms with Crippen LogP contribution in [0.4, 0.5) is 0 Å². The second-order valence-corrected chi connectivity index (χ2v) is 12.3. The molecule has 4 aliphatic carbocycles. The van der Waals surface area contributed by atoms with Crippen LogP contribution in [0.5, 0.6) is 0 Å². The lowest BCUT2D eigenvalue weighted by Gasteiger charge is -2.56. The van der Waals surface area contributed by atoms with Crippen LogP contribution in [0, 0.1) is 28.6 Å². The highest BCUT2D eigenvalue weighted by molar-refractivity contribution is 7.98. The molecule has 0 radical (unpaired) electrons. The van der Waals surface area contributed by atoms with Gasteiger partial charge in [0.1, 0.15) is 5.03 Å². The number of amides is 2. The second kappa shape index (κ2) is 7.75. The van der Waals surface area contributed by atoms with E-state index in [9.17, 15) is 9.59 Å². The molecule has 6 fully saturated rings. The number of piperidine rings is 1. The molecule has 2 aliphatic heterocycles. The molecule has 0 unspecified atom stereocenters. The molecule has 0 atom stereocenters. The van der Waals surface area contributed by atoms with Gasteiger partial charge in [-0.2, -0.15) is 0 Å². The van der Waals surface area contributed by atoms with E-state index in [1.54, 1.807) is 6.20 Å². The van der Waals surface area contributed by atoms with Crippen molar-refractivity contribution in [3.63, 3.8) is 0 Å². The number of likely N-dealkylation sites (tertiary alicyclic amines) is 2. The zero-order chi connectivity index (χ0) is 21.9. The number of carbonyl (C=O) groups is 2. The molecule has 0 N–H and O–H groups in total. The Labute approximate surface area is 195 Å². The van der Waals surface area contributed by atoms with E-state index in [2.05, 4.69) is 9.88 Å². The number of thioether (sulfide) groups is 1. The minimum absolute atomic E-state index is 0.0223. The Morgan fingerprint density at radius 1 is 0.969 bits per heavy atom. The molecule has 7 rings (SSSR count). The molecule has 5 nitrogen and oxygen atoms in total. The van der Waals surface area contributed by atoms with E-state index in [1.807, 2.05) is 23.3 Å². The van der Waals surface area contributed by atoms with Gasteiger partial charge in [-0.15, -0.1) is 11.8 Å². The van der Waals surface area contributed by atoms with Crippen molar-refractivity contribution in [2.75, 3.05) is 32.4 Å². The lowest BCUT2D eigenvalue weighted by molar-refractivity contribution is -0.157. The molecule has 0 aromatic carbocycles. The zero-order valence-corrected chi connectivity index (χ0v) is 20.0. The Balaban J connectivity index is 1.10. The highest BCUT2D eigenvalue weighted by Crippen LogP contribution is 2.61. The van der Waals surface area contributed by atoms with Crippen LogP contribution in [0.1, 0.15) is 68.1 Å². The Bertz CT molecular complexity index is 888. The summed E-state index contributed by atoms with van der Waals surface area (Å²) in [5.74, 6) is 3.04. The Morgan fingerprint density at radius 3 is 2.16 bits per heavy atom. The quantitative estimate of drug-likeness (QED) is 0.634. The van der Waals surface area contributed by atoms with E-state index in [0.717, 1.165) is 93.0 Å². The van der Waals surface area contributed by atoms with Gasteiger partial charge in [0.15, 0.2) is 0 Å². The first-order chi connectivity index (χ1) is 15.5. The largest absolute Gasteiger partial charge is 0.342 e. The first-order valence-corrected chi connectivity index (χ1v) is 13.8. The van der Waals surface area contributed by atoms with E-state index < -0.39 is 0 Å². The minimum Gasteiger partial charge on any atom is -0.342 e. The summed E-state index contributed by atoms with van der Waals surface area (Å²) in [5.41, 5.74) is 0.915. The van der Waals surface area contributed by atoms with Crippen LogP contribution in [-0.4, -0.2) is 59.0 Å². The normalized spacial score (nSPS) is 35.0. The number of hydrogen-bond acceptors (Lipinski definition) is 4. The van der Waals surface area contributed by atoms with Gasteiger partial charge in [0.2, 0.25) is 5.91 Å². The van der Waals surface area contributed by atoms with Gasteiger partial charge in [0, 0.05) is 32.4 Å². The van der Waals surface area contributed by atoms with Crippen LogP contribution < -0.4 is 0 Å². The van der Waals surface area contributed by atoms with Gasteiger partial charge in [-0.1, -0.05) is 0 Å². The average molecular weight is 454 g/mol. The lowest BCUT2D eigenvalue weighted by Crippen LogP contribution is -2.54. The molecular formula is C26H35N3O2S. The summed E-state index contributed by atoms with van der Waals surface area (Å²) in [4.78, 5) is 35.5. The van der Waals surface area contributed by atoms with Crippen molar-refractivity contribution in [2.24, 2.45) is 28.6 Å². The number of pyridine rings is 1. The highest BCUT2D eigenvalue weighted by Gasteiger charge is 2.57. The Hall–Kier alpha value is -1.56. The van der Waals surface area contributed by atoms with E-state index in [1.165, 1.54) is 31.0 Å². The predicted octanol–water partition coefficient (Wildman–Crippen LogP) is 4.47. The third-order valence-electron chi connectivity index (χ3n) is 9.52.